The first-order valence-corrected chi connectivity index (χ1v) is 7.59. The number of amides is 1. The van der Waals surface area contributed by atoms with Crippen molar-refractivity contribution in [1.82, 2.24) is 10.2 Å². The lowest BCUT2D eigenvalue weighted by Gasteiger charge is -2.47. The zero-order chi connectivity index (χ0) is 14.6. The van der Waals surface area contributed by atoms with Crippen LogP contribution in [0.5, 0.6) is 0 Å². The van der Waals surface area contributed by atoms with Gasteiger partial charge in [-0.05, 0) is 39.4 Å². The lowest BCUT2D eigenvalue weighted by atomic mass is 9.75. The molecular weight excluding hydrogens is 272 g/mol. The second-order valence-electron chi connectivity index (χ2n) is 5.31. The van der Waals surface area contributed by atoms with Crippen molar-refractivity contribution in [2.45, 2.75) is 24.8 Å². The summed E-state index contributed by atoms with van der Waals surface area (Å²) >= 11 is 1.42. The Morgan fingerprint density at radius 1 is 1.55 bits per heavy atom. The van der Waals surface area contributed by atoms with Gasteiger partial charge in [-0.1, -0.05) is 11.8 Å². The van der Waals surface area contributed by atoms with Crippen LogP contribution in [0, 0.1) is 11.8 Å². The van der Waals surface area contributed by atoms with Crippen molar-refractivity contribution >= 4 is 17.2 Å². The van der Waals surface area contributed by atoms with E-state index in [0.29, 0.717) is 12.1 Å². The molecule has 0 saturated heterocycles. The van der Waals surface area contributed by atoms with Crippen LogP contribution in [0.3, 0.4) is 0 Å². The van der Waals surface area contributed by atoms with Gasteiger partial charge in [0.1, 0.15) is 6.61 Å². The number of aliphatic hydroxyl groups is 1. The van der Waals surface area contributed by atoms with Crippen LogP contribution < -0.4 is 5.32 Å². The van der Waals surface area contributed by atoms with Crippen LogP contribution in [0.2, 0.25) is 0 Å². The fraction of sp³-hybridized carbons (Fsp3) is 0.533. The molecule has 0 spiro atoms. The van der Waals surface area contributed by atoms with E-state index in [2.05, 4.69) is 36.2 Å². The molecule has 1 saturated carbocycles. The number of thiophene rings is 1. The van der Waals surface area contributed by atoms with E-state index >= 15 is 0 Å². The number of nitrogens with one attached hydrogen (secondary N) is 1. The molecule has 2 rings (SSSR count). The average Bonchev–Trinajstić information content (AvgIpc) is 2.83. The first-order valence-electron chi connectivity index (χ1n) is 6.71. The zero-order valence-corrected chi connectivity index (χ0v) is 12.7. The Labute approximate surface area is 123 Å². The van der Waals surface area contributed by atoms with Crippen molar-refractivity contribution < 1.29 is 9.90 Å². The third-order valence-electron chi connectivity index (χ3n) is 3.96. The van der Waals surface area contributed by atoms with Crippen LogP contribution >= 0.6 is 11.3 Å². The summed E-state index contributed by atoms with van der Waals surface area (Å²) in [5.74, 6) is 5.35. The fourth-order valence-electron chi connectivity index (χ4n) is 2.36. The maximum Gasteiger partial charge on any atom is 0.252 e. The Bertz CT molecular complexity index is 536. The first-order chi connectivity index (χ1) is 9.57. The summed E-state index contributed by atoms with van der Waals surface area (Å²) in [6, 6.07) is 1.77. The number of carbonyl (C=O) groups excluding carboxylic acids is 1. The SMILES string of the molecule is CN(C)C1(CNC(=O)c2csc(C#CCO)c2)CCC1. The molecule has 0 atom stereocenters. The van der Waals surface area contributed by atoms with E-state index in [4.69, 9.17) is 5.11 Å². The highest BCUT2D eigenvalue weighted by Crippen LogP contribution is 2.35. The summed E-state index contributed by atoms with van der Waals surface area (Å²) in [5.41, 5.74) is 0.774. The van der Waals surface area contributed by atoms with Crippen molar-refractivity contribution in [3.05, 3.63) is 21.9 Å². The van der Waals surface area contributed by atoms with Crippen LogP contribution in [0.25, 0.3) is 0 Å². The first kappa shape index (κ1) is 15.0. The smallest absolute Gasteiger partial charge is 0.252 e. The second kappa shape index (κ2) is 6.40. The predicted molar refractivity (Wildman–Crippen MR) is 80.9 cm³/mol. The van der Waals surface area contributed by atoms with Gasteiger partial charge in [-0.3, -0.25) is 4.79 Å². The van der Waals surface area contributed by atoms with E-state index in [0.717, 1.165) is 17.7 Å². The number of hydrogen-bond acceptors (Lipinski definition) is 4. The maximum atomic E-state index is 12.1. The monoisotopic (exact) mass is 292 g/mol. The van der Waals surface area contributed by atoms with Crippen molar-refractivity contribution in [1.29, 1.82) is 0 Å². The number of likely N-dealkylation sites (N-methyl/N-ethyl adjacent to an activating group) is 1. The topological polar surface area (TPSA) is 52.6 Å². The number of hydrogen-bond donors (Lipinski definition) is 2. The number of rotatable bonds is 4. The van der Waals surface area contributed by atoms with Gasteiger partial charge in [-0.15, -0.1) is 11.3 Å². The van der Waals surface area contributed by atoms with Crippen LogP contribution in [-0.2, 0) is 0 Å². The van der Waals surface area contributed by atoms with E-state index < -0.39 is 0 Å². The standard InChI is InChI=1S/C15H20N2O2S/c1-17(2)15(6-4-7-15)11-16-14(19)12-9-13(20-10-12)5-3-8-18/h9-10,18H,4,6-8,11H2,1-2H3,(H,16,19). The van der Waals surface area contributed by atoms with E-state index in [1.165, 1.54) is 17.8 Å². The molecule has 108 valence electrons. The third-order valence-corrected chi connectivity index (χ3v) is 4.81. The molecule has 0 bridgehead atoms. The van der Waals surface area contributed by atoms with Crippen molar-refractivity contribution in [3.8, 4) is 11.8 Å². The lowest BCUT2D eigenvalue weighted by molar-refractivity contribution is 0.0558. The molecule has 20 heavy (non-hydrogen) atoms. The van der Waals surface area contributed by atoms with E-state index in [1.807, 2.05) is 0 Å². The predicted octanol–water partition coefficient (Wildman–Crippen LogP) is 1.31. The van der Waals surface area contributed by atoms with Crippen LogP contribution in [0.4, 0.5) is 0 Å². The Morgan fingerprint density at radius 2 is 2.30 bits per heavy atom. The molecule has 1 aromatic rings. The Balaban J connectivity index is 1.93. The Morgan fingerprint density at radius 3 is 2.85 bits per heavy atom. The average molecular weight is 292 g/mol. The summed E-state index contributed by atoms with van der Waals surface area (Å²) in [7, 11) is 4.14. The van der Waals surface area contributed by atoms with Gasteiger partial charge in [-0.2, -0.15) is 0 Å². The quantitative estimate of drug-likeness (QED) is 0.823. The highest BCUT2D eigenvalue weighted by atomic mass is 32.1. The minimum atomic E-state index is -0.162. The molecule has 1 aliphatic rings. The van der Waals surface area contributed by atoms with Gasteiger partial charge >= 0.3 is 0 Å². The molecule has 1 aromatic heterocycles. The summed E-state index contributed by atoms with van der Waals surface area (Å²) in [6.07, 6.45) is 3.50. The van der Waals surface area contributed by atoms with E-state index in [1.54, 1.807) is 11.4 Å². The zero-order valence-electron chi connectivity index (χ0n) is 11.9. The second-order valence-corrected chi connectivity index (χ2v) is 6.23. The van der Waals surface area contributed by atoms with Crippen LogP contribution in [0.1, 0.15) is 34.5 Å². The van der Waals surface area contributed by atoms with Gasteiger partial charge < -0.3 is 15.3 Å². The molecule has 0 radical (unpaired) electrons. The van der Waals surface area contributed by atoms with Crippen molar-refractivity contribution in [3.63, 3.8) is 0 Å². The van der Waals surface area contributed by atoms with Gasteiger partial charge in [0.05, 0.1) is 10.4 Å². The minimum absolute atomic E-state index is 0.0496. The summed E-state index contributed by atoms with van der Waals surface area (Å²) in [4.78, 5) is 15.1. The molecule has 0 aromatic carbocycles. The maximum absolute atomic E-state index is 12.1. The summed E-state index contributed by atoms with van der Waals surface area (Å²) in [5, 5.41) is 13.5. The van der Waals surface area contributed by atoms with Crippen molar-refractivity contribution in [2.75, 3.05) is 27.2 Å². The van der Waals surface area contributed by atoms with Gasteiger partial charge in [0.25, 0.3) is 5.91 Å². The molecule has 0 aliphatic heterocycles. The molecule has 1 heterocycles. The highest BCUT2D eigenvalue weighted by Gasteiger charge is 2.39. The molecule has 1 amide bonds. The summed E-state index contributed by atoms with van der Waals surface area (Å²) < 4.78 is 0. The molecule has 5 heteroatoms. The molecule has 1 aliphatic carbocycles. The van der Waals surface area contributed by atoms with Gasteiger partial charge in [0, 0.05) is 17.5 Å². The molecule has 4 nitrogen and oxygen atoms in total. The molecule has 1 fully saturated rings. The van der Waals surface area contributed by atoms with Gasteiger partial charge in [0.15, 0.2) is 0 Å². The molecule has 0 unspecified atom stereocenters. The fourth-order valence-corrected chi connectivity index (χ4v) is 3.12. The lowest BCUT2D eigenvalue weighted by Crippen LogP contribution is -2.57. The van der Waals surface area contributed by atoms with Crippen LogP contribution in [-0.4, -0.2) is 48.7 Å². The van der Waals surface area contributed by atoms with Crippen molar-refractivity contribution in [2.24, 2.45) is 0 Å². The van der Waals surface area contributed by atoms with Crippen LogP contribution in [0.15, 0.2) is 11.4 Å². The number of carbonyl (C=O) groups is 1. The van der Waals surface area contributed by atoms with E-state index in [9.17, 15) is 4.79 Å². The third kappa shape index (κ3) is 3.21. The molecular formula is C15H20N2O2S. The van der Waals surface area contributed by atoms with Gasteiger partial charge in [0.2, 0.25) is 0 Å². The van der Waals surface area contributed by atoms with E-state index in [-0.39, 0.29) is 18.1 Å². The largest absolute Gasteiger partial charge is 0.384 e. The number of nitrogens with zero attached hydrogens (tertiary/aromatic N) is 1. The summed E-state index contributed by atoms with van der Waals surface area (Å²) in [6.45, 7) is 0.525. The normalized spacial score (nSPS) is 16.2. The highest BCUT2D eigenvalue weighted by molar-refractivity contribution is 7.10. The molecule has 2 N–H and O–H groups in total. The Kier molecular flexibility index (Phi) is 4.81. The number of aliphatic hydroxyl groups excluding tert-OH is 1. The Hall–Kier alpha value is -1.35. The minimum Gasteiger partial charge on any atom is -0.384 e. The van der Waals surface area contributed by atoms with Gasteiger partial charge in [-0.25, -0.2) is 0 Å².